The lowest BCUT2D eigenvalue weighted by Gasteiger charge is -2.54. The number of rotatable bonds is 2. The molecule has 3 rings (SSSR count). The number of ether oxygens (including phenoxy) is 2. The van der Waals surface area contributed by atoms with Gasteiger partial charge < -0.3 is 9.47 Å². The zero-order valence-corrected chi connectivity index (χ0v) is 13.1. The van der Waals surface area contributed by atoms with E-state index in [2.05, 4.69) is 13.8 Å². The van der Waals surface area contributed by atoms with Gasteiger partial charge in [-0.3, -0.25) is 0 Å². The Morgan fingerprint density at radius 1 is 1.40 bits per heavy atom. The molecule has 3 heteroatoms. The number of carbonyl (C=O) groups is 1. The van der Waals surface area contributed by atoms with Crippen LogP contribution in [0.15, 0.2) is 11.1 Å². The molecule has 0 saturated heterocycles. The van der Waals surface area contributed by atoms with Crippen LogP contribution in [0, 0.1) is 17.3 Å². The summed E-state index contributed by atoms with van der Waals surface area (Å²) < 4.78 is 11.7. The Balaban J connectivity index is 2.02. The average molecular weight is 278 g/mol. The van der Waals surface area contributed by atoms with Crippen molar-refractivity contribution in [3.63, 3.8) is 0 Å². The minimum atomic E-state index is -0.739. The predicted octanol–water partition coefficient (Wildman–Crippen LogP) is 3.83. The van der Waals surface area contributed by atoms with Gasteiger partial charge in [-0.25, -0.2) is 4.79 Å². The van der Waals surface area contributed by atoms with Gasteiger partial charge in [0.2, 0.25) is 5.79 Å². The van der Waals surface area contributed by atoms with Crippen molar-refractivity contribution in [1.82, 2.24) is 0 Å². The van der Waals surface area contributed by atoms with Gasteiger partial charge in [-0.05, 0) is 43.9 Å². The van der Waals surface area contributed by atoms with Crippen LogP contribution in [0.3, 0.4) is 0 Å². The van der Waals surface area contributed by atoms with Crippen molar-refractivity contribution in [1.29, 1.82) is 0 Å². The highest BCUT2D eigenvalue weighted by molar-refractivity contribution is 5.92. The summed E-state index contributed by atoms with van der Waals surface area (Å²) >= 11 is 0. The van der Waals surface area contributed by atoms with Crippen molar-refractivity contribution < 1.29 is 14.3 Å². The third-order valence-corrected chi connectivity index (χ3v) is 6.17. The van der Waals surface area contributed by atoms with Crippen LogP contribution < -0.4 is 0 Å². The van der Waals surface area contributed by atoms with Crippen molar-refractivity contribution in [3.8, 4) is 0 Å². The van der Waals surface area contributed by atoms with E-state index in [-0.39, 0.29) is 5.97 Å². The quantitative estimate of drug-likeness (QED) is 0.720. The fourth-order valence-electron chi connectivity index (χ4n) is 4.63. The number of carbonyl (C=O) groups excluding carboxylic acids is 1. The lowest BCUT2D eigenvalue weighted by atomic mass is 9.53. The maximum absolute atomic E-state index is 12.1. The summed E-state index contributed by atoms with van der Waals surface area (Å²) in [6, 6.07) is 0. The third kappa shape index (κ3) is 1.78. The van der Waals surface area contributed by atoms with Crippen molar-refractivity contribution in [2.45, 2.75) is 65.6 Å². The number of hydrogen-bond donors (Lipinski definition) is 0. The van der Waals surface area contributed by atoms with Gasteiger partial charge in [-0.15, -0.1) is 0 Å². The summed E-state index contributed by atoms with van der Waals surface area (Å²) in [4.78, 5) is 12.1. The fraction of sp³-hybridized carbons (Fsp3) is 0.824. The maximum atomic E-state index is 12.1. The molecular weight excluding hydrogens is 252 g/mol. The SMILES string of the molecule is CCO[C@@]12C[C@@H]3CCC[C@@H](C)[C@]3(C)CC1=C(C)C(=O)O2. The molecule has 0 radical (unpaired) electrons. The second kappa shape index (κ2) is 4.59. The number of fused-ring (bicyclic) bond motifs is 2. The van der Waals surface area contributed by atoms with Gasteiger partial charge in [0.25, 0.3) is 0 Å². The van der Waals surface area contributed by atoms with Crippen molar-refractivity contribution in [2.75, 3.05) is 6.61 Å². The van der Waals surface area contributed by atoms with E-state index in [1.54, 1.807) is 0 Å². The molecule has 20 heavy (non-hydrogen) atoms. The third-order valence-electron chi connectivity index (χ3n) is 6.17. The Kier molecular flexibility index (Phi) is 3.24. The van der Waals surface area contributed by atoms with E-state index in [0.29, 0.717) is 23.9 Å². The molecule has 1 aliphatic heterocycles. The van der Waals surface area contributed by atoms with Crippen LogP contribution in [-0.2, 0) is 14.3 Å². The molecule has 0 amide bonds. The first kappa shape index (κ1) is 14.1. The Labute approximate surface area is 121 Å². The second-order valence-electron chi connectivity index (χ2n) is 7.09. The first-order valence-electron chi connectivity index (χ1n) is 8.00. The van der Waals surface area contributed by atoms with Gasteiger partial charge in [0.05, 0.1) is 0 Å². The summed E-state index contributed by atoms with van der Waals surface area (Å²) in [7, 11) is 0. The summed E-state index contributed by atoms with van der Waals surface area (Å²) in [5.74, 6) is 0.387. The largest absolute Gasteiger partial charge is 0.426 e. The highest BCUT2D eigenvalue weighted by Gasteiger charge is 2.58. The molecule has 2 aliphatic carbocycles. The first-order valence-corrected chi connectivity index (χ1v) is 8.00. The van der Waals surface area contributed by atoms with Crippen LogP contribution in [0.4, 0.5) is 0 Å². The molecular formula is C17H26O3. The molecule has 3 nitrogen and oxygen atoms in total. The molecule has 0 bridgehead atoms. The fourth-order valence-corrected chi connectivity index (χ4v) is 4.63. The van der Waals surface area contributed by atoms with Gasteiger partial charge >= 0.3 is 5.97 Å². The Bertz CT molecular complexity index is 467. The lowest BCUT2D eigenvalue weighted by Crippen LogP contribution is -2.51. The Morgan fingerprint density at radius 3 is 2.85 bits per heavy atom. The van der Waals surface area contributed by atoms with Crippen LogP contribution in [0.1, 0.15) is 59.8 Å². The summed E-state index contributed by atoms with van der Waals surface area (Å²) in [5, 5.41) is 0. The number of hydrogen-bond acceptors (Lipinski definition) is 3. The van der Waals surface area contributed by atoms with Crippen molar-refractivity contribution >= 4 is 5.97 Å². The predicted molar refractivity (Wildman–Crippen MR) is 77.0 cm³/mol. The maximum Gasteiger partial charge on any atom is 0.336 e. The van der Waals surface area contributed by atoms with E-state index in [9.17, 15) is 4.79 Å². The van der Waals surface area contributed by atoms with Gasteiger partial charge in [-0.1, -0.05) is 26.7 Å². The van der Waals surface area contributed by atoms with Crippen LogP contribution in [0.25, 0.3) is 0 Å². The van der Waals surface area contributed by atoms with E-state index < -0.39 is 5.79 Å². The monoisotopic (exact) mass is 278 g/mol. The van der Waals surface area contributed by atoms with Gasteiger partial charge in [0.15, 0.2) is 0 Å². The molecule has 0 spiro atoms. The summed E-state index contributed by atoms with van der Waals surface area (Å²) in [6.45, 7) is 9.23. The second-order valence-corrected chi connectivity index (χ2v) is 7.09. The van der Waals surface area contributed by atoms with Crippen LogP contribution in [-0.4, -0.2) is 18.4 Å². The van der Waals surface area contributed by atoms with Crippen LogP contribution in [0.2, 0.25) is 0 Å². The van der Waals surface area contributed by atoms with Gasteiger partial charge in [-0.2, -0.15) is 0 Å². The molecule has 0 aromatic rings. The molecule has 112 valence electrons. The normalized spacial score (nSPS) is 44.1. The standard InChI is InChI=1S/C17H26O3/c1-5-19-17-9-13-8-6-7-11(2)16(13,4)10-14(17)12(3)15(18)20-17/h11,13H,5-10H2,1-4H3/t11-,13+,16+,17-/m1/s1. The Morgan fingerprint density at radius 2 is 2.15 bits per heavy atom. The van der Waals surface area contributed by atoms with E-state index in [1.165, 1.54) is 19.3 Å². The van der Waals surface area contributed by atoms with Crippen LogP contribution >= 0.6 is 0 Å². The van der Waals surface area contributed by atoms with Crippen LogP contribution in [0.5, 0.6) is 0 Å². The van der Waals surface area contributed by atoms with Crippen molar-refractivity contribution in [3.05, 3.63) is 11.1 Å². The van der Waals surface area contributed by atoms with E-state index in [0.717, 1.165) is 24.0 Å². The molecule has 2 fully saturated rings. The lowest BCUT2D eigenvalue weighted by molar-refractivity contribution is -0.226. The zero-order valence-electron chi connectivity index (χ0n) is 13.1. The van der Waals surface area contributed by atoms with Gasteiger partial charge in [0.1, 0.15) is 0 Å². The molecule has 0 unspecified atom stereocenters. The topological polar surface area (TPSA) is 35.5 Å². The average Bonchev–Trinajstić information content (AvgIpc) is 2.62. The number of esters is 1. The summed E-state index contributed by atoms with van der Waals surface area (Å²) in [6.07, 6.45) is 5.63. The molecule has 1 heterocycles. The smallest absolute Gasteiger partial charge is 0.336 e. The minimum absolute atomic E-state index is 0.177. The first-order chi connectivity index (χ1) is 9.43. The van der Waals surface area contributed by atoms with E-state index >= 15 is 0 Å². The van der Waals surface area contributed by atoms with E-state index in [4.69, 9.17) is 9.47 Å². The van der Waals surface area contributed by atoms with Gasteiger partial charge in [0, 0.05) is 24.2 Å². The molecule has 0 aromatic carbocycles. The highest BCUT2D eigenvalue weighted by atomic mass is 16.7. The van der Waals surface area contributed by atoms with E-state index in [1.807, 2.05) is 13.8 Å². The highest BCUT2D eigenvalue weighted by Crippen LogP contribution is 2.60. The summed E-state index contributed by atoms with van der Waals surface area (Å²) in [5.41, 5.74) is 2.21. The molecule has 0 aromatic heterocycles. The Hall–Kier alpha value is -0.830. The molecule has 4 atom stereocenters. The molecule has 0 N–H and O–H groups in total. The van der Waals surface area contributed by atoms with Crippen molar-refractivity contribution in [2.24, 2.45) is 17.3 Å². The zero-order chi connectivity index (χ0) is 14.5. The molecule has 2 saturated carbocycles. The molecule has 3 aliphatic rings. The minimum Gasteiger partial charge on any atom is -0.426 e.